The van der Waals surface area contributed by atoms with Gasteiger partial charge in [-0.2, -0.15) is 0 Å². The minimum Gasteiger partial charge on any atom is -0.393 e. The first-order valence-electron chi connectivity index (χ1n) is 11.3. The van der Waals surface area contributed by atoms with Crippen molar-refractivity contribution >= 4 is 10.8 Å². The number of fused-ring (bicyclic) bond motifs is 2. The third-order valence-corrected chi connectivity index (χ3v) is 6.69. The van der Waals surface area contributed by atoms with Gasteiger partial charge in [-0.1, -0.05) is 43.0 Å². The van der Waals surface area contributed by atoms with Crippen LogP contribution >= 0.6 is 0 Å². The van der Waals surface area contributed by atoms with Crippen molar-refractivity contribution in [2.75, 3.05) is 0 Å². The standard InChI is InChI=1S/C16H12N.C11H20O2.Ir/c1-12-7-8-14-10-16(17-11-15(14)9-12)13-5-3-2-4-6-13;12-9-6-2-1-4-8-5-3-7-10(13)11(8)9;/h2-5,7-11H,1H3;8-13H,1-7H2;/q-1;;. The van der Waals surface area contributed by atoms with Crippen LogP contribution in [0.5, 0.6) is 0 Å². The first-order chi connectivity index (χ1) is 14.6. The maximum absolute atomic E-state index is 9.89. The van der Waals surface area contributed by atoms with Gasteiger partial charge in [0.25, 0.3) is 0 Å². The van der Waals surface area contributed by atoms with Crippen molar-refractivity contribution in [3.8, 4) is 11.3 Å². The molecule has 0 aliphatic heterocycles. The summed E-state index contributed by atoms with van der Waals surface area (Å²) < 4.78 is 0. The van der Waals surface area contributed by atoms with E-state index < -0.39 is 0 Å². The van der Waals surface area contributed by atoms with Crippen LogP contribution in [0.4, 0.5) is 0 Å². The Morgan fingerprint density at radius 1 is 0.871 bits per heavy atom. The summed E-state index contributed by atoms with van der Waals surface area (Å²) in [7, 11) is 0. The van der Waals surface area contributed by atoms with Crippen molar-refractivity contribution in [3.63, 3.8) is 0 Å². The Labute approximate surface area is 199 Å². The van der Waals surface area contributed by atoms with E-state index in [1.165, 1.54) is 35.6 Å². The summed E-state index contributed by atoms with van der Waals surface area (Å²) in [6, 6.07) is 19.6. The van der Waals surface area contributed by atoms with Crippen LogP contribution in [-0.4, -0.2) is 27.4 Å². The molecule has 5 rings (SSSR count). The van der Waals surface area contributed by atoms with E-state index in [0.29, 0.717) is 5.92 Å². The fourth-order valence-corrected chi connectivity index (χ4v) is 5.11. The van der Waals surface area contributed by atoms with Gasteiger partial charge >= 0.3 is 0 Å². The van der Waals surface area contributed by atoms with Crippen molar-refractivity contribution < 1.29 is 30.3 Å². The number of rotatable bonds is 1. The Kier molecular flexibility index (Phi) is 8.80. The van der Waals surface area contributed by atoms with E-state index >= 15 is 0 Å². The van der Waals surface area contributed by atoms with Gasteiger partial charge < -0.3 is 15.2 Å². The predicted molar refractivity (Wildman–Crippen MR) is 122 cm³/mol. The summed E-state index contributed by atoms with van der Waals surface area (Å²) in [6.45, 7) is 2.10. The van der Waals surface area contributed by atoms with E-state index in [2.05, 4.69) is 42.2 Å². The smallest absolute Gasteiger partial charge is 0.0595 e. The van der Waals surface area contributed by atoms with Crippen molar-refractivity contribution in [1.82, 2.24) is 4.98 Å². The number of aliphatic hydroxyl groups is 2. The van der Waals surface area contributed by atoms with Crippen LogP contribution in [0.1, 0.15) is 50.5 Å². The quantitative estimate of drug-likeness (QED) is 0.355. The normalized spacial score (nSPS) is 25.4. The number of hydrogen-bond acceptors (Lipinski definition) is 3. The van der Waals surface area contributed by atoms with E-state index in [1.807, 2.05) is 30.5 Å². The molecule has 3 nitrogen and oxygen atoms in total. The molecule has 2 saturated carbocycles. The van der Waals surface area contributed by atoms with Gasteiger partial charge in [0.05, 0.1) is 12.2 Å². The third-order valence-electron chi connectivity index (χ3n) is 6.69. The van der Waals surface area contributed by atoms with Gasteiger partial charge in [-0.05, 0) is 61.1 Å². The zero-order valence-electron chi connectivity index (χ0n) is 18.1. The SMILES string of the molecule is Cc1ccc2cc(-c3[c-]cccc3)ncc2c1.OC1CCCCC2CCCC(O)C12.[Ir]. The molecule has 1 radical (unpaired) electrons. The molecule has 0 saturated heterocycles. The molecule has 4 heteroatoms. The Morgan fingerprint density at radius 2 is 1.61 bits per heavy atom. The Bertz CT molecular complexity index is 962. The Hall–Kier alpha value is -1.58. The zero-order chi connectivity index (χ0) is 20.9. The molecule has 2 fully saturated rings. The van der Waals surface area contributed by atoms with Crippen LogP contribution < -0.4 is 0 Å². The second-order valence-electron chi connectivity index (χ2n) is 8.88. The number of nitrogens with zero attached hydrogens (tertiary/aromatic N) is 1. The van der Waals surface area contributed by atoms with Crippen molar-refractivity contribution in [2.45, 2.75) is 64.1 Å². The number of aromatic nitrogens is 1. The fourth-order valence-electron chi connectivity index (χ4n) is 5.11. The predicted octanol–water partition coefficient (Wildman–Crippen LogP) is 5.71. The summed E-state index contributed by atoms with van der Waals surface area (Å²) in [5.41, 5.74) is 3.27. The topological polar surface area (TPSA) is 53.4 Å². The molecule has 2 N–H and O–H groups in total. The van der Waals surface area contributed by atoms with Crippen LogP contribution in [-0.2, 0) is 20.1 Å². The van der Waals surface area contributed by atoms with E-state index in [9.17, 15) is 10.2 Å². The molecule has 3 aromatic rings. The van der Waals surface area contributed by atoms with Gasteiger partial charge in [0, 0.05) is 32.2 Å². The summed E-state index contributed by atoms with van der Waals surface area (Å²) in [6.07, 6.45) is 9.24. The van der Waals surface area contributed by atoms with Gasteiger partial charge in [-0.3, -0.25) is 0 Å². The molecule has 1 heterocycles. The van der Waals surface area contributed by atoms with Gasteiger partial charge in [-0.15, -0.1) is 35.9 Å². The molecule has 4 atom stereocenters. The van der Waals surface area contributed by atoms with E-state index in [-0.39, 0.29) is 38.2 Å². The summed E-state index contributed by atoms with van der Waals surface area (Å²) >= 11 is 0. The monoisotopic (exact) mass is 595 g/mol. The molecule has 0 amide bonds. The fraction of sp³-hybridized carbons (Fsp3) is 0.444. The zero-order valence-corrected chi connectivity index (χ0v) is 20.5. The van der Waals surface area contributed by atoms with Crippen LogP contribution in [0.2, 0.25) is 0 Å². The number of hydrogen-bond donors (Lipinski definition) is 2. The minimum absolute atomic E-state index is 0. The number of aliphatic hydroxyl groups excluding tert-OH is 2. The van der Waals surface area contributed by atoms with Crippen LogP contribution in [0.25, 0.3) is 22.0 Å². The molecule has 0 bridgehead atoms. The summed E-state index contributed by atoms with van der Waals surface area (Å²) in [4.78, 5) is 4.49. The van der Waals surface area contributed by atoms with Crippen molar-refractivity contribution in [1.29, 1.82) is 0 Å². The molecule has 0 spiro atoms. The van der Waals surface area contributed by atoms with Crippen molar-refractivity contribution in [3.05, 3.63) is 66.4 Å². The number of aryl methyl sites for hydroxylation is 1. The molecule has 2 aromatic carbocycles. The summed E-state index contributed by atoms with van der Waals surface area (Å²) in [5.74, 6) is 0.789. The van der Waals surface area contributed by atoms with Gasteiger partial charge in [0.15, 0.2) is 0 Å². The van der Waals surface area contributed by atoms with Crippen molar-refractivity contribution in [2.24, 2.45) is 11.8 Å². The molecule has 2 aliphatic rings. The Balaban J connectivity index is 0.000000176. The van der Waals surface area contributed by atoms with Crippen LogP contribution in [0.15, 0.2) is 54.7 Å². The molecule has 1 aromatic heterocycles. The van der Waals surface area contributed by atoms with Gasteiger partial charge in [-0.25, -0.2) is 0 Å². The molecule has 31 heavy (non-hydrogen) atoms. The van der Waals surface area contributed by atoms with Crippen LogP contribution in [0.3, 0.4) is 0 Å². The Morgan fingerprint density at radius 3 is 2.39 bits per heavy atom. The average Bonchev–Trinajstić information content (AvgIpc) is 2.96. The molecule has 167 valence electrons. The average molecular weight is 595 g/mol. The molecular weight excluding hydrogens is 563 g/mol. The van der Waals surface area contributed by atoms with Gasteiger partial charge in [0.1, 0.15) is 0 Å². The van der Waals surface area contributed by atoms with E-state index in [1.54, 1.807) is 0 Å². The largest absolute Gasteiger partial charge is 0.393 e. The van der Waals surface area contributed by atoms with Crippen LogP contribution in [0, 0.1) is 24.8 Å². The summed E-state index contributed by atoms with van der Waals surface area (Å²) in [5, 5.41) is 22.1. The minimum atomic E-state index is -0.234. The van der Waals surface area contributed by atoms with E-state index in [4.69, 9.17) is 0 Å². The number of pyridine rings is 1. The second-order valence-corrected chi connectivity index (χ2v) is 8.88. The first-order valence-corrected chi connectivity index (χ1v) is 11.3. The maximum Gasteiger partial charge on any atom is 0.0595 e. The third kappa shape index (κ3) is 6.02. The van der Waals surface area contributed by atoms with E-state index in [0.717, 1.165) is 36.9 Å². The molecular formula is C27H32IrNO2-. The first kappa shape index (κ1) is 24.1. The molecule has 2 aliphatic carbocycles. The molecule has 4 unspecified atom stereocenters. The maximum atomic E-state index is 9.89. The van der Waals surface area contributed by atoms with Gasteiger partial charge in [0.2, 0.25) is 0 Å². The second kappa shape index (κ2) is 11.3. The number of benzene rings is 2.